The van der Waals surface area contributed by atoms with Gasteiger partial charge in [-0.2, -0.15) is 4.31 Å². The first-order valence-corrected chi connectivity index (χ1v) is 16.2. The number of rotatable bonds is 10. The monoisotopic (exact) mass is 606 g/mol. The average molecular weight is 607 g/mol. The second kappa shape index (κ2) is 13.3. The topological polar surface area (TPSA) is 115 Å². The molecule has 2 unspecified atom stereocenters. The van der Waals surface area contributed by atoms with Crippen LogP contribution in [0.5, 0.6) is 0 Å². The number of ether oxygens (including phenoxy) is 1. The molecule has 0 radical (unpaired) electrons. The number of allylic oxidation sites excluding steroid dienone is 5. The van der Waals surface area contributed by atoms with Crippen LogP contribution in [0.25, 0.3) is 11.0 Å². The summed E-state index contributed by atoms with van der Waals surface area (Å²) in [5, 5.41) is 18.5. The number of sulfonamides is 1. The largest absolute Gasteiger partial charge is 0.493 e. The third-order valence-corrected chi connectivity index (χ3v) is 10.1. The molecule has 43 heavy (non-hydrogen) atoms. The van der Waals surface area contributed by atoms with Crippen LogP contribution in [0, 0.1) is 13.8 Å². The molecule has 230 valence electrons. The summed E-state index contributed by atoms with van der Waals surface area (Å²) in [6, 6.07) is 9.71. The predicted octanol–water partition coefficient (Wildman–Crippen LogP) is 6.37. The summed E-state index contributed by atoms with van der Waals surface area (Å²) in [6.45, 7) is 14.5. The highest BCUT2D eigenvalue weighted by molar-refractivity contribution is 7.93. The Balaban J connectivity index is 1.75. The zero-order valence-corrected chi connectivity index (χ0v) is 26.9. The van der Waals surface area contributed by atoms with Gasteiger partial charge >= 0.3 is 5.97 Å². The molecule has 1 aliphatic rings. The Labute approximate surface area is 254 Å². The van der Waals surface area contributed by atoms with E-state index >= 15 is 0 Å². The number of hydrogen-bond donors (Lipinski definition) is 1. The summed E-state index contributed by atoms with van der Waals surface area (Å²) in [7, 11) is -3.88. The number of carboxylic acid groups (broad SMARTS) is 1. The third kappa shape index (κ3) is 6.91. The molecule has 10 heteroatoms. The highest BCUT2D eigenvalue weighted by Gasteiger charge is 2.33. The fourth-order valence-electron chi connectivity index (χ4n) is 5.52. The molecule has 4 rings (SSSR count). The maximum atomic E-state index is 14.0. The Kier molecular flexibility index (Phi) is 9.92. The Bertz CT molecular complexity index is 1720. The van der Waals surface area contributed by atoms with Gasteiger partial charge in [-0.3, -0.25) is 4.79 Å². The number of benzene rings is 2. The van der Waals surface area contributed by atoms with E-state index in [0.29, 0.717) is 12.3 Å². The fraction of sp³-hybridized carbons (Fsp3) is 0.424. The van der Waals surface area contributed by atoms with E-state index in [1.807, 2.05) is 82.6 Å². The van der Waals surface area contributed by atoms with Crippen LogP contribution in [0.2, 0.25) is 0 Å². The SMILES string of the molecule is CCC(C)=CC=CC1=C(C)OC(C)CN(Cc2cc(C(CC(=O)O)c3ccc4c(nnn4CC)c3C)ccc2C)S1(=O)=O. The molecule has 1 aliphatic heterocycles. The van der Waals surface area contributed by atoms with Crippen molar-refractivity contribution < 1.29 is 23.1 Å². The first kappa shape index (κ1) is 32.2. The second-order valence-electron chi connectivity index (χ2n) is 11.3. The summed E-state index contributed by atoms with van der Waals surface area (Å²) in [5.74, 6) is -1.01. The number of hydrogen-bond acceptors (Lipinski definition) is 6. The number of carboxylic acids is 1. The molecule has 0 saturated heterocycles. The van der Waals surface area contributed by atoms with Crippen molar-refractivity contribution in [2.45, 2.75) is 86.4 Å². The van der Waals surface area contributed by atoms with Gasteiger partial charge in [0.1, 0.15) is 22.3 Å². The maximum absolute atomic E-state index is 14.0. The van der Waals surface area contributed by atoms with E-state index in [1.54, 1.807) is 19.1 Å². The molecule has 2 aromatic carbocycles. The molecule has 2 heterocycles. The lowest BCUT2D eigenvalue weighted by Gasteiger charge is -2.24. The van der Waals surface area contributed by atoms with Gasteiger partial charge in [-0.05, 0) is 87.9 Å². The van der Waals surface area contributed by atoms with Gasteiger partial charge in [0, 0.05) is 19.0 Å². The molecule has 0 spiro atoms. The van der Waals surface area contributed by atoms with Crippen molar-refractivity contribution in [1.29, 1.82) is 0 Å². The lowest BCUT2D eigenvalue weighted by Crippen LogP contribution is -2.35. The lowest BCUT2D eigenvalue weighted by molar-refractivity contribution is -0.137. The van der Waals surface area contributed by atoms with Crippen LogP contribution in [0.4, 0.5) is 0 Å². The van der Waals surface area contributed by atoms with Crippen LogP contribution in [-0.4, -0.2) is 51.4 Å². The summed E-state index contributed by atoms with van der Waals surface area (Å²) in [5.41, 5.74) is 7.07. The minimum atomic E-state index is -3.88. The highest BCUT2D eigenvalue weighted by Crippen LogP contribution is 2.35. The van der Waals surface area contributed by atoms with E-state index in [9.17, 15) is 18.3 Å². The van der Waals surface area contributed by atoms with Crippen molar-refractivity contribution in [3.63, 3.8) is 0 Å². The van der Waals surface area contributed by atoms with Crippen LogP contribution in [0.15, 0.2) is 64.8 Å². The predicted molar refractivity (Wildman–Crippen MR) is 169 cm³/mol. The van der Waals surface area contributed by atoms with E-state index in [4.69, 9.17) is 4.74 Å². The van der Waals surface area contributed by atoms with Crippen LogP contribution in [-0.2, 0) is 32.6 Å². The molecule has 0 fully saturated rings. The highest BCUT2D eigenvalue weighted by atomic mass is 32.2. The number of fused-ring (bicyclic) bond motifs is 1. The zero-order valence-electron chi connectivity index (χ0n) is 26.1. The summed E-state index contributed by atoms with van der Waals surface area (Å²) >= 11 is 0. The lowest BCUT2D eigenvalue weighted by atomic mass is 9.84. The number of nitrogens with zero attached hydrogens (tertiary/aromatic N) is 4. The fourth-order valence-corrected chi connectivity index (χ4v) is 7.17. The Morgan fingerprint density at radius 3 is 2.60 bits per heavy atom. The maximum Gasteiger partial charge on any atom is 0.304 e. The van der Waals surface area contributed by atoms with E-state index in [2.05, 4.69) is 10.3 Å². The van der Waals surface area contributed by atoms with E-state index in [1.165, 1.54) is 4.31 Å². The van der Waals surface area contributed by atoms with Gasteiger partial charge in [-0.1, -0.05) is 54.1 Å². The van der Waals surface area contributed by atoms with Gasteiger partial charge in [0.25, 0.3) is 0 Å². The Morgan fingerprint density at radius 1 is 1.19 bits per heavy atom. The molecule has 1 N–H and O–H groups in total. The van der Waals surface area contributed by atoms with Gasteiger partial charge < -0.3 is 9.84 Å². The Hall–Kier alpha value is -3.76. The van der Waals surface area contributed by atoms with Crippen molar-refractivity contribution in [2.24, 2.45) is 0 Å². The number of aliphatic carboxylic acids is 1. The van der Waals surface area contributed by atoms with Crippen LogP contribution < -0.4 is 0 Å². The van der Waals surface area contributed by atoms with Crippen LogP contribution >= 0.6 is 0 Å². The second-order valence-corrected chi connectivity index (χ2v) is 13.2. The molecule has 9 nitrogen and oxygen atoms in total. The first-order chi connectivity index (χ1) is 20.4. The normalized spacial score (nSPS) is 18.7. The van der Waals surface area contributed by atoms with Crippen molar-refractivity contribution in [3.05, 3.63) is 92.6 Å². The molecule has 3 aromatic rings. The first-order valence-electron chi connectivity index (χ1n) is 14.7. The van der Waals surface area contributed by atoms with Gasteiger partial charge in [-0.15, -0.1) is 5.10 Å². The quantitative estimate of drug-likeness (QED) is 0.267. The number of aromatic nitrogens is 3. The van der Waals surface area contributed by atoms with Crippen molar-refractivity contribution in [3.8, 4) is 0 Å². The zero-order chi connectivity index (χ0) is 31.5. The molecular formula is C33H42N4O5S. The molecule has 2 atom stereocenters. The van der Waals surface area contributed by atoms with Gasteiger partial charge in [-0.25, -0.2) is 13.1 Å². The van der Waals surface area contributed by atoms with Crippen LogP contribution in [0.3, 0.4) is 0 Å². The van der Waals surface area contributed by atoms with E-state index < -0.39 is 21.9 Å². The molecule has 0 bridgehead atoms. The summed E-state index contributed by atoms with van der Waals surface area (Å²) < 4.78 is 37.2. The average Bonchev–Trinajstić information content (AvgIpc) is 3.35. The van der Waals surface area contributed by atoms with Gasteiger partial charge in [0.05, 0.1) is 18.5 Å². The number of aryl methyl sites for hydroxylation is 3. The molecule has 0 saturated carbocycles. The van der Waals surface area contributed by atoms with E-state index in [0.717, 1.165) is 50.8 Å². The summed E-state index contributed by atoms with van der Waals surface area (Å²) in [4.78, 5) is 12.2. The molecule has 0 aliphatic carbocycles. The minimum Gasteiger partial charge on any atom is -0.493 e. The minimum absolute atomic E-state index is 0.120. The summed E-state index contributed by atoms with van der Waals surface area (Å²) in [6.07, 6.45) is 5.68. The van der Waals surface area contributed by atoms with Crippen molar-refractivity contribution >= 4 is 27.0 Å². The van der Waals surface area contributed by atoms with Crippen molar-refractivity contribution in [1.82, 2.24) is 19.3 Å². The van der Waals surface area contributed by atoms with Crippen LogP contribution in [0.1, 0.15) is 81.2 Å². The molecule has 0 amide bonds. The van der Waals surface area contributed by atoms with E-state index in [-0.39, 0.29) is 30.5 Å². The molecule has 1 aromatic heterocycles. The Morgan fingerprint density at radius 2 is 1.93 bits per heavy atom. The molecular weight excluding hydrogens is 564 g/mol. The third-order valence-electron chi connectivity index (χ3n) is 8.15. The van der Waals surface area contributed by atoms with Gasteiger partial charge in [0.15, 0.2) is 0 Å². The van der Waals surface area contributed by atoms with Crippen molar-refractivity contribution in [2.75, 3.05) is 6.54 Å². The van der Waals surface area contributed by atoms with Gasteiger partial charge in [0.2, 0.25) is 10.0 Å². The smallest absolute Gasteiger partial charge is 0.304 e. The standard InChI is InChI=1S/C33H42N4O5S/c1-8-21(3)11-10-12-31-25(7)42-23(5)19-36(43(31,40)41)20-27-17-26(14-13-22(27)4)29(18-32(38)39)28-15-16-30-33(24(28)6)34-35-37(30)9-2/h10-17,23,29H,8-9,18-20H2,1-7H3,(H,38,39). The number of carbonyl (C=O) groups is 1.